The largest absolute Gasteiger partial charge is 0.573 e. The predicted molar refractivity (Wildman–Crippen MR) is 131 cm³/mol. The highest BCUT2D eigenvalue weighted by atomic mass is 19.4. The fraction of sp³-hybridized carbons (Fsp3) is 0.385. The summed E-state index contributed by atoms with van der Waals surface area (Å²) in [4.78, 5) is 22.6. The second kappa shape index (κ2) is 12.1. The lowest BCUT2D eigenvalue weighted by molar-refractivity contribution is -0.314. The Morgan fingerprint density at radius 3 is 2.18 bits per heavy atom. The van der Waals surface area contributed by atoms with Gasteiger partial charge in [0.2, 0.25) is 6.29 Å². The van der Waals surface area contributed by atoms with Crippen LogP contribution in [0.3, 0.4) is 0 Å². The van der Waals surface area contributed by atoms with Crippen LogP contribution in [0.1, 0.15) is 17.3 Å². The minimum absolute atomic E-state index is 0.315. The van der Waals surface area contributed by atoms with Crippen molar-refractivity contribution in [2.45, 2.75) is 44.0 Å². The molecule has 1 aromatic heterocycles. The number of amides is 1. The highest BCUT2D eigenvalue weighted by molar-refractivity contribution is 5.93. The molecule has 0 bridgehead atoms. The summed E-state index contributed by atoms with van der Waals surface area (Å²) in [5.74, 6) is -0.813. The number of aromatic nitrogens is 2. The van der Waals surface area contributed by atoms with Gasteiger partial charge in [0.15, 0.2) is 0 Å². The Balaban J connectivity index is 1.37. The van der Waals surface area contributed by atoms with Crippen LogP contribution in [0.15, 0.2) is 61.1 Å². The maximum Gasteiger partial charge on any atom is 0.573 e. The van der Waals surface area contributed by atoms with Gasteiger partial charge in [-0.05, 0) is 43.3 Å². The summed E-state index contributed by atoms with van der Waals surface area (Å²) < 4.78 is 64.9. The zero-order valence-electron chi connectivity index (χ0n) is 21.5. The number of hydroxylamine groups is 1. The molecule has 10 nitrogen and oxygen atoms in total. The van der Waals surface area contributed by atoms with Gasteiger partial charge in [-0.2, -0.15) is 0 Å². The number of alkyl halides is 3. The third-order valence-electron chi connectivity index (χ3n) is 6.21. The van der Waals surface area contributed by atoms with Crippen LogP contribution in [0.25, 0.3) is 16.9 Å². The first-order valence-electron chi connectivity index (χ1n) is 11.8. The van der Waals surface area contributed by atoms with Crippen molar-refractivity contribution in [3.05, 3.63) is 66.6 Å². The third kappa shape index (κ3) is 6.75. The van der Waals surface area contributed by atoms with Crippen molar-refractivity contribution in [3.8, 4) is 22.7 Å². The van der Waals surface area contributed by atoms with E-state index in [-0.39, 0.29) is 18.0 Å². The Hall–Kier alpha value is -3.49. The molecule has 4 rings (SSSR count). The standard InChI is InChI=1S/C26H28F3N3O7/c1-15-21(34-2)22(35-3)23(36-4)25(37-15)39-31-24(33)17-7-5-16(6-8-17)20-13-32(14-30-20)18-9-11-19(12-10-18)38-26(27,28)29/h5-15,21-23,25H,1-4H3,(H,31,33)/t15-,21-,22-,23-,25-/m0/s1. The van der Waals surface area contributed by atoms with E-state index in [9.17, 15) is 18.0 Å². The molecule has 1 amide bonds. The molecule has 1 aliphatic heterocycles. The molecule has 2 heterocycles. The maximum atomic E-state index is 12.7. The summed E-state index contributed by atoms with van der Waals surface area (Å²) in [6, 6.07) is 12.0. The number of rotatable bonds is 9. The quantitative estimate of drug-likeness (QED) is 0.400. The van der Waals surface area contributed by atoms with Crippen molar-refractivity contribution in [1.82, 2.24) is 15.0 Å². The molecule has 1 fully saturated rings. The molecule has 0 aliphatic carbocycles. The highest BCUT2D eigenvalue weighted by Gasteiger charge is 2.46. The first-order valence-corrected chi connectivity index (χ1v) is 11.8. The molecule has 5 atom stereocenters. The zero-order valence-corrected chi connectivity index (χ0v) is 21.5. The summed E-state index contributed by atoms with van der Waals surface area (Å²) in [5, 5.41) is 0. The second-order valence-electron chi connectivity index (χ2n) is 8.64. The summed E-state index contributed by atoms with van der Waals surface area (Å²) >= 11 is 0. The van der Waals surface area contributed by atoms with Crippen LogP contribution in [0.2, 0.25) is 0 Å². The minimum Gasteiger partial charge on any atom is -0.406 e. The first-order chi connectivity index (χ1) is 18.6. The average molecular weight is 552 g/mol. The molecule has 2 aromatic carbocycles. The van der Waals surface area contributed by atoms with E-state index in [2.05, 4.69) is 15.2 Å². The number of carbonyl (C=O) groups is 1. The lowest BCUT2D eigenvalue weighted by Crippen LogP contribution is -2.60. The van der Waals surface area contributed by atoms with Gasteiger partial charge < -0.3 is 28.3 Å². The van der Waals surface area contributed by atoms with E-state index in [1.54, 1.807) is 42.1 Å². The lowest BCUT2D eigenvalue weighted by atomic mass is 9.99. The molecule has 0 radical (unpaired) electrons. The van der Waals surface area contributed by atoms with Gasteiger partial charge in [0, 0.05) is 44.3 Å². The Bertz CT molecular complexity index is 1230. The summed E-state index contributed by atoms with van der Waals surface area (Å²) in [5.41, 5.74) is 4.64. The Labute approximate surface area is 222 Å². The minimum atomic E-state index is -4.76. The van der Waals surface area contributed by atoms with Crippen LogP contribution in [0, 0.1) is 0 Å². The molecule has 210 valence electrons. The number of ether oxygens (including phenoxy) is 5. The van der Waals surface area contributed by atoms with Gasteiger partial charge in [-0.15, -0.1) is 13.2 Å². The van der Waals surface area contributed by atoms with E-state index < -0.39 is 30.8 Å². The van der Waals surface area contributed by atoms with Crippen molar-refractivity contribution >= 4 is 5.91 Å². The van der Waals surface area contributed by atoms with Crippen molar-refractivity contribution in [1.29, 1.82) is 0 Å². The lowest BCUT2D eigenvalue weighted by Gasteiger charge is -2.43. The Kier molecular flexibility index (Phi) is 8.87. The van der Waals surface area contributed by atoms with E-state index in [1.807, 2.05) is 6.92 Å². The van der Waals surface area contributed by atoms with E-state index in [0.29, 0.717) is 16.9 Å². The van der Waals surface area contributed by atoms with Crippen LogP contribution in [0.4, 0.5) is 13.2 Å². The second-order valence-corrected chi connectivity index (χ2v) is 8.64. The monoisotopic (exact) mass is 551 g/mol. The molecule has 1 saturated heterocycles. The van der Waals surface area contributed by atoms with E-state index >= 15 is 0 Å². The van der Waals surface area contributed by atoms with Crippen LogP contribution >= 0.6 is 0 Å². The molecule has 1 N–H and O–H groups in total. The number of hydrogen-bond donors (Lipinski definition) is 1. The van der Waals surface area contributed by atoms with Gasteiger partial charge in [0.25, 0.3) is 5.91 Å². The van der Waals surface area contributed by atoms with Crippen molar-refractivity contribution in [3.63, 3.8) is 0 Å². The summed E-state index contributed by atoms with van der Waals surface area (Å²) in [6.07, 6.45) is -4.33. The van der Waals surface area contributed by atoms with Gasteiger partial charge in [0.05, 0.1) is 18.1 Å². The van der Waals surface area contributed by atoms with Gasteiger partial charge >= 0.3 is 6.36 Å². The maximum absolute atomic E-state index is 12.7. The first kappa shape index (κ1) is 28.5. The SMILES string of the molecule is CO[C@@H]1[C@H](OC)[C@H](ONC(=O)c2ccc(-c3cn(-c4ccc(OC(F)(F)F)cc4)cn3)cc2)O[C@@H](C)[C@@H]1OC. The van der Waals surface area contributed by atoms with Gasteiger partial charge in [0.1, 0.15) is 24.1 Å². The summed E-state index contributed by atoms with van der Waals surface area (Å²) in [6.45, 7) is 1.81. The summed E-state index contributed by atoms with van der Waals surface area (Å²) in [7, 11) is 4.57. The van der Waals surface area contributed by atoms with Gasteiger partial charge in [-0.1, -0.05) is 12.1 Å². The molecule has 39 heavy (non-hydrogen) atoms. The third-order valence-corrected chi connectivity index (χ3v) is 6.21. The molecule has 3 aromatic rings. The van der Waals surface area contributed by atoms with E-state index in [1.165, 1.54) is 44.8 Å². The molecule has 13 heteroatoms. The Morgan fingerprint density at radius 1 is 0.949 bits per heavy atom. The van der Waals surface area contributed by atoms with E-state index in [0.717, 1.165) is 5.56 Å². The van der Waals surface area contributed by atoms with Gasteiger partial charge in [-0.3, -0.25) is 4.79 Å². The number of nitrogens with one attached hydrogen (secondary N) is 1. The van der Waals surface area contributed by atoms with Crippen LogP contribution in [-0.2, 0) is 23.8 Å². The molecule has 0 saturated carbocycles. The fourth-order valence-electron chi connectivity index (χ4n) is 4.31. The topological polar surface area (TPSA) is 102 Å². The number of carbonyl (C=O) groups excluding carboxylic acids is 1. The van der Waals surface area contributed by atoms with Crippen LogP contribution < -0.4 is 10.2 Å². The number of nitrogens with zero attached hydrogens (tertiary/aromatic N) is 2. The van der Waals surface area contributed by atoms with Crippen molar-refractivity contribution in [2.24, 2.45) is 0 Å². The van der Waals surface area contributed by atoms with Crippen LogP contribution in [-0.4, -0.2) is 73.9 Å². The number of imidazole rings is 1. The molecular formula is C26H28F3N3O7. The molecule has 0 spiro atoms. The molecule has 1 aliphatic rings. The smallest absolute Gasteiger partial charge is 0.406 e. The predicted octanol–water partition coefficient (Wildman–Crippen LogP) is 3.89. The average Bonchev–Trinajstić information content (AvgIpc) is 3.41. The fourth-order valence-corrected chi connectivity index (χ4v) is 4.31. The van der Waals surface area contributed by atoms with Crippen molar-refractivity contribution < 1.29 is 46.5 Å². The number of halogens is 3. The van der Waals surface area contributed by atoms with E-state index in [4.69, 9.17) is 23.8 Å². The van der Waals surface area contributed by atoms with Gasteiger partial charge in [-0.25, -0.2) is 15.3 Å². The molecular weight excluding hydrogens is 523 g/mol. The number of hydrogen-bond acceptors (Lipinski definition) is 8. The normalized spacial score (nSPS) is 23.4. The zero-order chi connectivity index (χ0) is 28.2. The number of benzene rings is 2. The highest BCUT2D eigenvalue weighted by Crippen LogP contribution is 2.28. The van der Waals surface area contributed by atoms with Crippen molar-refractivity contribution in [2.75, 3.05) is 21.3 Å². The number of methoxy groups -OCH3 is 3. The van der Waals surface area contributed by atoms with Crippen LogP contribution in [0.5, 0.6) is 5.75 Å². The Morgan fingerprint density at radius 2 is 1.59 bits per heavy atom. The molecule has 0 unspecified atom stereocenters.